The van der Waals surface area contributed by atoms with Gasteiger partial charge in [0, 0.05) is 25.5 Å². The lowest BCUT2D eigenvalue weighted by Gasteiger charge is -2.36. The Morgan fingerprint density at radius 1 is 1.17 bits per heavy atom. The molecule has 1 aliphatic heterocycles. The first-order valence-electron chi connectivity index (χ1n) is 9.00. The number of sulfonamides is 1. The molecule has 0 N–H and O–H groups in total. The summed E-state index contributed by atoms with van der Waals surface area (Å²) in [4.78, 5) is 10.3. The van der Waals surface area contributed by atoms with Gasteiger partial charge in [0.1, 0.15) is 0 Å². The molecule has 0 bridgehead atoms. The van der Waals surface area contributed by atoms with Crippen molar-refractivity contribution >= 4 is 23.3 Å². The summed E-state index contributed by atoms with van der Waals surface area (Å²) in [7, 11) is -6.55. The van der Waals surface area contributed by atoms with Crippen LogP contribution in [0.1, 0.15) is 12.5 Å². The van der Waals surface area contributed by atoms with Crippen LogP contribution < -0.4 is 0 Å². The zero-order valence-corrected chi connectivity index (χ0v) is 18.0. The number of nitro benzene ring substituents is 1. The van der Waals surface area contributed by atoms with Crippen LogP contribution in [-0.2, 0) is 30.2 Å². The Hall–Kier alpha value is -2.36. The summed E-state index contributed by atoms with van der Waals surface area (Å²) in [6, 6.07) is 13.1. The molecule has 1 unspecified atom stereocenters. The quantitative estimate of drug-likeness (QED) is 0.355. The number of nitro groups is 1. The topological polar surface area (TPSA) is 116 Å². The number of benzene rings is 2. The van der Waals surface area contributed by atoms with Gasteiger partial charge in [-0.15, -0.1) is 0 Å². The third kappa shape index (κ3) is 4.53. The molecule has 1 heterocycles. The third-order valence-electron chi connectivity index (χ3n) is 4.68. The van der Waals surface area contributed by atoms with Gasteiger partial charge in [-0.25, -0.2) is 8.42 Å². The van der Waals surface area contributed by atoms with E-state index in [0.717, 1.165) is 10.4 Å². The van der Waals surface area contributed by atoms with Gasteiger partial charge in [0.2, 0.25) is 0 Å². The van der Waals surface area contributed by atoms with Crippen molar-refractivity contribution in [3.63, 3.8) is 0 Å². The summed E-state index contributed by atoms with van der Waals surface area (Å²) < 4.78 is 51.0. The minimum atomic E-state index is -4.32. The molecule has 30 heavy (non-hydrogen) atoms. The second-order valence-corrected chi connectivity index (χ2v) is 10.4. The smallest absolute Gasteiger partial charge is 0.309 e. The minimum absolute atomic E-state index is 0.0603. The van der Waals surface area contributed by atoms with Crippen molar-refractivity contribution in [2.45, 2.75) is 30.5 Å². The number of nitrogens with zero attached hydrogens (tertiary/aromatic N) is 2. The van der Waals surface area contributed by atoms with Gasteiger partial charge in [-0.3, -0.25) is 14.7 Å². The lowest BCUT2D eigenvalue weighted by atomic mass is 10.1. The fourth-order valence-electron chi connectivity index (χ4n) is 3.18. The van der Waals surface area contributed by atoms with Crippen LogP contribution in [0.3, 0.4) is 0 Å². The van der Waals surface area contributed by atoms with Gasteiger partial charge in [0.25, 0.3) is 15.7 Å². The van der Waals surface area contributed by atoms with Crippen LogP contribution in [0, 0.1) is 10.1 Å². The fraction of sp³-hybridized carbons (Fsp3) is 0.263. The summed E-state index contributed by atoms with van der Waals surface area (Å²) in [6.07, 6.45) is 0.635. The predicted octanol–water partition coefficient (Wildman–Crippen LogP) is 3.93. The van der Waals surface area contributed by atoms with Gasteiger partial charge in [-0.1, -0.05) is 48.5 Å². The number of hydrogen-bond acceptors (Lipinski definition) is 7. The van der Waals surface area contributed by atoms with Crippen molar-refractivity contribution in [3.05, 3.63) is 82.2 Å². The molecule has 0 radical (unpaired) electrons. The van der Waals surface area contributed by atoms with Crippen molar-refractivity contribution in [3.8, 4) is 0 Å². The standard InChI is InChI=1S/C19H21N2O7PS/c1-15-17(12-13-29(24,27-2)28-15)20(14-16-8-4-3-5-9-16)30(25,26)19-11-7-6-10-18(19)21(22)23/h3-13,15,17H,14H2,1-2H3/t15-,17+,29?/m1/s1. The Morgan fingerprint density at radius 3 is 2.40 bits per heavy atom. The summed E-state index contributed by atoms with van der Waals surface area (Å²) in [6.45, 7) is 1.52. The van der Waals surface area contributed by atoms with E-state index in [1.807, 2.05) is 0 Å². The SMILES string of the molecule is COP1(=O)C=C[C@H](N(Cc2ccccc2)S(=O)(=O)c2ccccc2[N+](=O)[O-])[C@@H](C)O1. The van der Waals surface area contributed by atoms with Gasteiger partial charge in [-0.05, 0) is 18.6 Å². The van der Waals surface area contributed by atoms with E-state index in [1.165, 1.54) is 37.2 Å². The monoisotopic (exact) mass is 452 g/mol. The Balaban J connectivity index is 2.12. The molecule has 11 heteroatoms. The predicted molar refractivity (Wildman–Crippen MR) is 110 cm³/mol. The molecule has 0 fully saturated rings. The van der Waals surface area contributed by atoms with Crippen molar-refractivity contribution in [2.75, 3.05) is 7.11 Å². The largest absolute Gasteiger partial charge is 0.353 e. The molecule has 160 valence electrons. The first-order valence-corrected chi connectivity index (χ1v) is 12.1. The van der Waals surface area contributed by atoms with Crippen LogP contribution in [-0.4, -0.2) is 36.9 Å². The molecule has 0 aliphatic carbocycles. The molecular formula is C19H21N2O7PS. The number of rotatable bonds is 7. The molecule has 0 saturated carbocycles. The molecule has 0 spiro atoms. The zero-order valence-electron chi connectivity index (χ0n) is 16.3. The normalized spacial score (nSPS) is 24.1. The van der Waals surface area contributed by atoms with E-state index < -0.39 is 45.3 Å². The van der Waals surface area contributed by atoms with E-state index in [9.17, 15) is 23.1 Å². The lowest BCUT2D eigenvalue weighted by Crippen LogP contribution is -2.46. The highest BCUT2D eigenvalue weighted by atomic mass is 32.2. The molecule has 9 nitrogen and oxygen atoms in total. The molecule has 2 aromatic carbocycles. The third-order valence-corrected chi connectivity index (χ3v) is 8.24. The van der Waals surface area contributed by atoms with Gasteiger partial charge >= 0.3 is 7.60 Å². The Bertz CT molecular complexity index is 1100. The second-order valence-electron chi connectivity index (χ2n) is 6.63. The van der Waals surface area contributed by atoms with E-state index in [1.54, 1.807) is 37.3 Å². The van der Waals surface area contributed by atoms with Crippen LogP contribution in [0.15, 0.2) is 71.4 Å². The van der Waals surface area contributed by atoms with Crippen LogP contribution in [0.5, 0.6) is 0 Å². The molecule has 0 aromatic heterocycles. The van der Waals surface area contributed by atoms with Gasteiger partial charge < -0.3 is 9.05 Å². The average Bonchev–Trinajstić information content (AvgIpc) is 2.73. The van der Waals surface area contributed by atoms with Crippen LogP contribution in [0.25, 0.3) is 0 Å². The summed E-state index contributed by atoms with van der Waals surface area (Å²) in [5, 5.41) is 11.4. The Morgan fingerprint density at radius 2 is 1.80 bits per heavy atom. The molecule has 0 amide bonds. The van der Waals surface area contributed by atoms with E-state index in [2.05, 4.69) is 0 Å². The molecular weight excluding hydrogens is 431 g/mol. The number of hydrogen-bond donors (Lipinski definition) is 0. The van der Waals surface area contributed by atoms with E-state index in [-0.39, 0.29) is 6.54 Å². The summed E-state index contributed by atoms with van der Waals surface area (Å²) >= 11 is 0. The van der Waals surface area contributed by atoms with E-state index in [0.29, 0.717) is 5.56 Å². The molecule has 1 aliphatic rings. The summed E-state index contributed by atoms with van der Waals surface area (Å²) in [5.41, 5.74) is 0.159. The van der Waals surface area contributed by atoms with E-state index >= 15 is 0 Å². The van der Waals surface area contributed by atoms with Gasteiger partial charge in [0.05, 0.1) is 17.1 Å². The second kappa shape index (κ2) is 8.79. The van der Waals surface area contributed by atoms with Crippen molar-refractivity contribution < 1.29 is 27.0 Å². The zero-order chi connectivity index (χ0) is 21.9. The fourth-order valence-corrected chi connectivity index (χ4v) is 6.22. The maximum absolute atomic E-state index is 13.6. The Labute approximate surface area is 174 Å². The average molecular weight is 452 g/mol. The number of para-hydroxylation sites is 1. The van der Waals surface area contributed by atoms with Crippen molar-refractivity contribution in [1.29, 1.82) is 0 Å². The van der Waals surface area contributed by atoms with Crippen molar-refractivity contribution in [2.24, 2.45) is 0 Å². The van der Waals surface area contributed by atoms with Crippen LogP contribution in [0.4, 0.5) is 5.69 Å². The highest BCUT2D eigenvalue weighted by Gasteiger charge is 2.41. The first-order chi connectivity index (χ1) is 14.2. The lowest BCUT2D eigenvalue weighted by molar-refractivity contribution is -0.387. The van der Waals surface area contributed by atoms with Crippen LogP contribution in [0.2, 0.25) is 0 Å². The molecule has 2 aromatic rings. The van der Waals surface area contributed by atoms with Crippen molar-refractivity contribution in [1.82, 2.24) is 4.31 Å². The van der Waals surface area contributed by atoms with Gasteiger partial charge in [0.15, 0.2) is 4.90 Å². The van der Waals surface area contributed by atoms with E-state index in [4.69, 9.17) is 9.05 Å². The first kappa shape index (κ1) is 22.3. The van der Waals surface area contributed by atoms with Gasteiger partial charge in [-0.2, -0.15) is 4.31 Å². The highest BCUT2D eigenvalue weighted by molar-refractivity contribution is 7.89. The van der Waals surface area contributed by atoms with Crippen LogP contribution >= 0.6 is 7.60 Å². The maximum atomic E-state index is 13.6. The Kier molecular flexibility index (Phi) is 6.54. The highest BCUT2D eigenvalue weighted by Crippen LogP contribution is 2.53. The summed E-state index contributed by atoms with van der Waals surface area (Å²) in [5.74, 6) is 1.21. The molecule has 3 rings (SSSR count). The molecule has 0 saturated heterocycles. The minimum Gasteiger partial charge on any atom is -0.309 e. The molecule has 3 atom stereocenters. The maximum Gasteiger partial charge on any atom is 0.353 e.